The summed E-state index contributed by atoms with van der Waals surface area (Å²) in [6.07, 6.45) is -5.07. The van der Waals surface area contributed by atoms with Gasteiger partial charge >= 0.3 is 12.1 Å². The molecule has 0 spiro atoms. The molecule has 0 bridgehead atoms. The van der Waals surface area contributed by atoms with E-state index in [1.165, 1.54) is 30.3 Å². The Hall–Kier alpha value is -3.82. The summed E-state index contributed by atoms with van der Waals surface area (Å²) in [5.74, 6) is -2.72. The van der Waals surface area contributed by atoms with E-state index in [0.29, 0.717) is 23.7 Å². The Morgan fingerprint density at radius 3 is 2.16 bits per heavy atom. The Labute approximate surface area is 259 Å². The zero-order valence-electron chi connectivity index (χ0n) is 25.5. The number of quaternary nitrogens is 1. The van der Waals surface area contributed by atoms with Gasteiger partial charge in [-0.05, 0) is 61.9 Å². The molecule has 0 unspecified atom stereocenters. The van der Waals surface area contributed by atoms with Crippen molar-refractivity contribution in [3.63, 3.8) is 0 Å². The second-order valence-electron chi connectivity index (χ2n) is 11.9. The first-order chi connectivity index (χ1) is 20.6. The van der Waals surface area contributed by atoms with Gasteiger partial charge in [-0.2, -0.15) is 13.2 Å². The van der Waals surface area contributed by atoms with Crippen LogP contribution >= 0.6 is 11.6 Å². The standard InChI is InChI=1S/C34H35ClF3NO5/c1-19(2)16-39(17-20(3)4)18-26-28(43-33(41)23-9-7-21(5)8-10-23)14-12-25-29(40)31(32(34(36,37)38)44-30(25)26)42-24-11-13-27(35)22(6)15-24/h7-15,19-20H,16-18H2,1-6H3/p+1. The fourth-order valence-corrected chi connectivity index (χ4v) is 5.22. The molecular weight excluding hydrogens is 595 g/mol. The molecule has 0 saturated heterocycles. The van der Waals surface area contributed by atoms with Gasteiger partial charge in [-0.3, -0.25) is 4.79 Å². The number of alkyl halides is 3. The lowest BCUT2D eigenvalue weighted by Gasteiger charge is -2.24. The minimum Gasteiger partial charge on any atom is -0.449 e. The molecule has 6 nitrogen and oxygen atoms in total. The Morgan fingerprint density at radius 1 is 0.955 bits per heavy atom. The normalized spacial score (nSPS) is 12.0. The van der Waals surface area contributed by atoms with Crippen LogP contribution < -0.4 is 19.8 Å². The van der Waals surface area contributed by atoms with Gasteiger partial charge in [0.05, 0.1) is 29.6 Å². The number of aryl methyl sites for hydroxylation is 2. The highest BCUT2D eigenvalue weighted by Gasteiger charge is 2.41. The van der Waals surface area contributed by atoms with Crippen LogP contribution in [0.15, 0.2) is 63.8 Å². The third-order valence-electron chi connectivity index (χ3n) is 7.00. The summed E-state index contributed by atoms with van der Waals surface area (Å²) in [5.41, 5.74) is 0.663. The van der Waals surface area contributed by atoms with Gasteiger partial charge in [0.15, 0.2) is 5.58 Å². The molecule has 3 aromatic carbocycles. The number of nitrogens with one attached hydrogen (secondary N) is 1. The lowest BCUT2D eigenvalue weighted by Crippen LogP contribution is -3.11. The van der Waals surface area contributed by atoms with E-state index in [1.54, 1.807) is 31.2 Å². The molecule has 10 heteroatoms. The summed E-state index contributed by atoms with van der Waals surface area (Å²) in [5, 5.41) is 0.267. The van der Waals surface area contributed by atoms with E-state index < -0.39 is 29.1 Å². The van der Waals surface area contributed by atoms with Crippen molar-refractivity contribution in [3.8, 4) is 17.2 Å². The van der Waals surface area contributed by atoms with Crippen LogP contribution in [0.1, 0.15) is 60.5 Å². The fraction of sp³-hybridized carbons (Fsp3) is 0.353. The smallest absolute Gasteiger partial charge is 0.449 e. The molecule has 4 rings (SSSR count). The maximum absolute atomic E-state index is 14.5. The highest BCUT2D eigenvalue weighted by Crippen LogP contribution is 2.40. The summed E-state index contributed by atoms with van der Waals surface area (Å²) in [6, 6.07) is 13.7. The number of ether oxygens (including phenoxy) is 2. The van der Waals surface area contributed by atoms with Crippen molar-refractivity contribution in [2.24, 2.45) is 11.8 Å². The van der Waals surface area contributed by atoms with Crippen LogP contribution in [0.25, 0.3) is 11.0 Å². The zero-order valence-corrected chi connectivity index (χ0v) is 26.3. The third kappa shape index (κ3) is 7.81. The van der Waals surface area contributed by atoms with Gasteiger partial charge in [0.1, 0.15) is 18.0 Å². The summed E-state index contributed by atoms with van der Waals surface area (Å²) in [4.78, 5) is 27.9. The van der Waals surface area contributed by atoms with E-state index >= 15 is 0 Å². The number of halogens is 4. The minimum atomic E-state index is -5.07. The van der Waals surface area contributed by atoms with Gasteiger partial charge in [-0.25, -0.2) is 4.79 Å². The molecule has 234 valence electrons. The minimum absolute atomic E-state index is 0.00240. The maximum Gasteiger partial charge on any atom is 0.453 e. The van der Waals surface area contributed by atoms with Crippen molar-refractivity contribution in [2.45, 2.75) is 54.3 Å². The number of carbonyl (C=O) groups is 1. The van der Waals surface area contributed by atoms with E-state index in [1.807, 2.05) is 34.6 Å². The van der Waals surface area contributed by atoms with Crippen LogP contribution in [-0.4, -0.2) is 19.1 Å². The summed E-state index contributed by atoms with van der Waals surface area (Å²) < 4.78 is 60.3. The molecule has 0 atom stereocenters. The van der Waals surface area contributed by atoms with Gasteiger partial charge in [0.25, 0.3) is 5.76 Å². The van der Waals surface area contributed by atoms with Crippen LogP contribution in [0, 0.1) is 25.7 Å². The van der Waals surface area contributed by atoms with Crippen molar-refractivity contribution < 1.29 is 36.8 Å². The zero-order chi connectivity index (χ0) is 32.3. The molecule has 0 saturated carbocycles. The number of hydrogen-bond acceptors (Lipinski definition) is 5. The van der Waals surface area contributed by atoms with Crippen molar-refractivity contribution in [3.05, 3.63) is 97.9 Å². The highest BCUT2D eigenvalue weighted by molar-refractivity contribution is 6.31. The van der Waals surface area contributed by atoms with E-state index in [2.05, 4.69) is 0 Å². The van der Waals surface area contributed by atoms with E-state index in [0.717, 1.165) is 10.5 Å². The van der Waals surface area contributed by atoms with E-state index in [4.69, 9.17) is 25.5 Å². The molecule has 0 aliphatic carbocycles. The third-order valence-corrected chi connectivity index (χ3v) is 7.42. The van der Waals surface area contributed by atoms with Crippen LogP contribution in [0.4, 0.5) is 13.2 Å². The lowest BCUT2D eigenvalue weighted by molar-refractivity contribution is -0.919. The van der Waals surface area contributed by atoms with E-state index in [-0.39, 0.29) is 52.0 Å². The number of esters is 1. The van der Waals surface area contributed by atoms with E-state index in [9.17, 15) is 22.8 Å². The molecule has 44 heavy (non-hydrogen) atoms. The van der Waals surface area contributed by atoms with Crippen molar-refractivity contribution >= 4 is 28.5 Å². The van der Waals surface area contributed by atoms with Crippen molar-refractivity contribution in [2.75, 3.05) is 13.1 Å². The molecule has 1 aromatic heterocycles. The summed E-state index contributed by atoms with van der Waals surface area (Å²) >= 11 is 6.06. The topological polar surface area (TPSA) is 70.2 Å². The molecule has 4 aromatic rings. The second kappa shape index (κ2) is 13.4. The molecule has 0 radical (unpaired) electrons. The summed E-state index contributed by atoms with van der Waals surface area (Å²) in [7, 11) is 0. The molecule has 0 aliphatic heterocycles. The number of fused-ring (bicyclic) bond motifs is 1. The van der Waals surface area contributed by atoms with Crippen molar-refractivity contribution in [1.29, 1.82) is 0 Å². The van der Waals surface area contributed by atoms with Gasteiger partial charge < -0.3 is 18.8 Å². The SMILES string of the molecule is Cc1ccc(C(=O)Oc2ccc3c(=O)c(Oc4ccc(Cl)c(C)c4)c(C(F)(F)F)oc3c2C[NH+](CC(C)C)CC(C)C)cc1. The van der Waals surface area contributed by atoms with Gasteiger partial charge in [0, 0.05) is 16.9 Å². The van der Waals surface area contributed by atoms with Crippen LogP contribution in [0.5, 0.6) is 17.2 Å². The average Bonchev–Trinajstić information content (AvgIpc) is 2.92. The monoisotopic (exact) mass is 630 g/mol. The molecule has 0 fully saturated rings. The quantitative estimate of drug-likeness (QED) is 0.143. The predicted molar refractivity (Wildman–Crippen MR) is 164 cm³/mol. The maximum atomic E-state index is 14.5. The lowest BCUT2D eigenvalue weighted by atomic mass is 10.1. The fourth-order valence-electron chi connectivity index (χ4n) is 5.10. The predicted octanol–water partition coefficient (Wildman–Crippen LogP) is 7.79. The first kappa shape index (κ1) is 33.1. The number of rotatable bonds is 10. The van der Waals surface area contributed by atoms with Crippen LogP contribution in [-0.2, 0) is 12.7 Å². The Kier molecular flexibility index (Phi) is 10.1. The number of carbonyl (C=O) groups excluding carboxylic acids is 1. The molecule has 0 amide bonds. The first-order valence-corrected chi connectivity index (χ1v) is 14.8. The van der Waals surface area contributed by atoms with Gasteiger partial charge in [-0.15, -0.1) is 0 Å². The van der Waals surface area contributed by atoms with Crippen LogP contribution in [0.2, 0.25) is 5.02 Å². The second-order valence-corrected chi connectivity index (χ2v) is 12.3. The molecular formula is C34H36ClF3NO5+. The van der Waals surface area contributed by atoms with Gasteiger partial charge in [-0.1, -0.05) is 57.0 Å². The first-order valence-electron chi connectivity index (χ1n) is 14.4. The van der Waals surface area contributed by atoms with Crippen molar-refractivity contribution in [1.82, 2.24) is 0 Å². The molecule has 0 aliphatic rings. The average molecular weight is 631 g/mol. The Balaban J connectivity index is 1.93. The molecule has 1 heterocycles. The Bertz CT molecular complexity index is 1700. The molecule has 1 N–H and O–H groups in total. The Morgan fingerprint density at radius 2 is 1.59 bits per heavy atom. The highest BCUT2D eigenvalue weighted by atomic mass is 35.5. The number of benzene rings is 3. The summed E-state index contributed by atoms with van der Waals surface area (Å²) in [6.45, 7) is 13.3. The van der Waals surface area contributed by atoms with Gasteiger partial charge in [0.2, 0.25) is 11.2 Å². The van der Waals surface area contributed by atoms with Crippen LogP contribution in [0.3, 0.4) is 0 Å². The largest absolute Gasteiger partial charge is 0.453 e. The number of hydrogen-bond donors (Lipinski definition) is 1.